The van der Waals surface area contributed by atoms with Crippen molar-refractivity contribution in [1.29, 1.82) is 0 Å². The van der Waals surface area contributed by atoms with Gasteiger partial charge in [-0.25, -0.2) is 4.98 Å². The molecule has 6 heteroatoms. The van der Waals surface area contributed by atoms with Gasteiger partial charge in [0.2, 0.25) is 11.8 Å². The SMILES string of the molecule is CC(=O)N1Cc2ccccc2C[C@@H]1C(=O)NCCCn1ccnc1C. The summed E-state index contributed by atoms with van der Waals surface area (Å²) in [7, 11) is 0. The highest BCUT2D eigenvalue weighted by Crippen LogP contribution is 2.23. The molecule has 2 heterocycles. The van der Waals surface area contributed by atoms with Crippen molar-refractivity contribution < 1.29 is 9.59 Å². The summed E-state index contributed by atoms with van der Waals surface area (Å²) in [5.74, 6) is 0.828. The van der Waals surface area contributed by atoms with Crippen LogP contribution in [-0.2, 0) is 29.1 Å². The van der Waals surface area contributed by atoms with E-state index in [-0.39, 0.29) is 11.8 Å². The van der Waals surface area contributed by atoms with Crippen LogP contribution in [0.25, 0.3) is 0 Å². The minimum Gasteiger partial charge on any atom is -0.354 e. The Morgan fingerprint density at radius 2 is 2.04 bits per heavy atom. The van der Waals surface area contributed by atoms with Gasteiger partial charge in [0.1, 0.15) is 11.9 Å². The number of fused-ring (bicyclic) bond motifs is 1. The lowest BCUT2D eigenvalue weighted by molar-refractivity contribution is -0.140. The van der Waals surface area contributed by atoms with Gasteiger partial charge in [0, 0.05) is 45.4 Å². The van der Waals surface area contributed by atoms with Crippen LogP contribution in [0.1, 0.15) is 30.3 Å². The van der Waals surface area contributed by atoms with E-state index in [0.29, 0.717) is 19.5 Å². The van der Waals surface area contributed by atoms with Gasteiger partial charge < -0.3 is 14.8 Å². The Bertz CT molecular complexity index is 768. The quantitative estimate of drug-likeness (QED) is 0.842. The summed E-state index contributed by atoms with van der Waals surface area (Å²) < 4.78 is 2.06. The normalized spacial score (nSPS) is 16.4. The van der Waals surface area contributed by atoms with Crippen molar-refractivity contribution in [3.8, 4) is 0 Å². The molecule has 0 saturated carbocycles. The standard InChI is InChI=1S/C19H24N4O2/c1-14-20-9-11-22(14)10-5-8-21-19(25)18-12-16-6-3-4-7-17(16)13-23(18)15(2)24/h3-4,6-7,9,11,18H,5,8,10,12-13H2,1-2H3,(H,21,25)/t18-/m1/s1. The Hall–Kier alpha value is -2.63. The average molecular weight is 340 g/mol. The summed E-state index contributed by atoms with van der Waals surface area (Å²) in [4.78, 5) is 30.5. The largest absolute Gasteiger partial charge is 0.354 e. The maximum Gasteiger partial charge on any atom is 0.243 e. The van der Waals surface area contributed by atoms with Gasteiger partial charge in [-0.15, -0.1) is 0 Å². The molecule has 0 aliphatic carbocycles. The second-order valence-electron chi connectivity index (χ2n) is 6.45. The number of hydrogen-bond donors (Lipinski definition) is 1. The topological polar surface area (TPSA) is 67.2 Å². The summed E-state index contributed by atoms with van der Waals surface area (Å²) in [5, 5.41) is 2.98. The molecule has 0 fully saturated rings. The molecule has 2 amide bonds. The Balaban J connectivity index is 1.58. The van der Waals surface area contributed by atoms with E-state index in [2.05, 4.69) is 14.9 Å². The zero-order valence-corrected chi connectivity index (χ0v) is 14.7. The Morgan fingerprint density at radius 3 is 2.72 bits per heavy atom. The molecule has 0 saturated heterocycles. The number of carbonyl (C=O) groups is 2. The number of imidazole rings is 1. The Morgan fingerprint density at radius 1 is 1.28 bits per heavy atom. The van der Waals surface area contributed by atoms with E-state index in [1.54, 1.807) is 11.1 Å². The number of aryl methyl sites for hydroxylation is 2. The lowest BCUT2D eigenvalue weighted by Crippen LogP contribution is -2.52. The minimum atomic E-state index is -0.428. The van der Waals surface area contributed by atoms with Crippen LogP contribution < -0.4 is 5.32 Å². The highest BCUT2D eigenvalue weighted by atomic mass is 16.2. The molecule has 1 aromatic carbocycles. The van der Waals surface area contributed by atoms with Crippen molar-refractivity contribution in [2.75, 3.05) is 6.54 Å². The lowest BCUT2D eigenvalue weighted by Gasteiger charge is -2.35. The van der Waals surface area contributed by atoms with Gasteiger partial charge in [0.15, 0.2) is 0 Å². The molecule has 3 rings (SSSR count). The molecule has 0 spiro atoms. The highest BCUT2D eigenvalue weighted by Gasteiger charge is 2.32. The maximum absolute atomic E-state index is 12.6. The van der Waals surface area contributed by atoms with Gasteiger partial charge >= 0.3 is 0 Å². The van der Waals surface area contributed by atoms with Crippen LogP contribution in [0.4, 0.5) is 0 Å². The van der Waals surface area contributed by atoms with Crippen LogP contribution in [-0.4, -0.2) is 38.9 Å². The van der Waals surface area contributed by atoms with Gasteiger partial charge in [0.25, 0.3) is 0 Å². The van der Waals surface area contributed by atoms with Crippen molar-refractivity contribution in [3.05, 3.63) is 53.6 Å². The third-order valence-corrected chi connectivity index (χ3v) is 4.75. The van der Waals surface area contributed by atoms with Crippen LogP contribution in [0.5, 0.6) is 0 Å². The zero-order valence-electron chi connectivity index (χ0n) is 14.7. The molecule has 1 N–H and O–H groups in total. The van der Waals surface area contributed by atoms with E-state index in [1.807, 2.05) is 37.4 Å². The number of rotatable bonds is 5. The summed E-state index contributed by atoms with van der Waals surface area (Å²) in [6.45, 7) is 5.38. The van der Waals surface area contributed by atoms with Crippen LogP contribution >= 0.6 is 0 Å². The number of amides is 2. The Labute approximate surface area is 147 Å². The van der Waals surface area contributed by atoms with Crippen molar-refractivity contribution in [2.45, 2.75) is 45.8 Å². The Kier molecular flexibility index (Phi) is 5.16. The van der Waals surface area contributed by atoms with Crippen LogP contribution in [0, 0.1) is 6.92 Å². The number of carbonyl (C=O) groups excluding carboxylic acids is 2. The average Bonchev–Trinajstić information content (AvgIpc) is 3.02. The molecule has 1 atom stereocenters. The summed E-state index contributed by atoms with van der Waals surface area (Å²) in [6, 6.07) is 7.57. The minimum absolute atomic E-state index is 0.0660. The monoisotopic (exact) mass is 340 g/mol. The first kappa shape index (κ1) is 17.2. The van der Waals surface area contributed by atoms with Gasteiger partial charge in [0.05, 0.1) is 0 Å². The number of hydrogen-bond acceptors (Lipinski definition) is 3. The fourth-order valence-corrected chi connectivity index (χ4v) is 3.31. The van der Waals surface area contributed by atoms with E-state index < -0.39 is 6.04 Å². The molecule has 132 valence electrons. The van der Waals surface area contributed by atoms with E-state index in [9.17, 15) is 9.59 Å². The molecule has 1 aliphatic rings. The molecule has 1 aromatic heterocycles. The number of aromatic nitrogens is 2. The summed E-state index contributed by atoms with van der Waals surface area (Å²) in [6.07, 6.45) is 5.11. The molecule has 1 aliphatic heterocycles. The fourth-order valence-electron chi connectivity index (χ4n) is 3.31. The lowest BCUT2D eigenvalue weighted by atomic mass is 9.93. The van der Waals surface area contributed by atoms with Gasteiger partial charge in [-0.3, -0.25) is 9.59 Å². The van der Waals surface area contributed by atoms with Crippen molar-refractivity contribution in [1.82, 2.24) is 19.8 Å². The predicted molar refractivity (Wildman–Crippen MR) is 94.7 cm³/mol. The summed E-state index contributed by atoms with van der Waals surface area (Å²) in [5.41, 5.74) is 2.27. The highest BCUT2D eigenvalue weighted by molar-refractivity contribution is 5.87. The van der Waals surface area contributed by atoms with E-state index in [1.165, 1.54) is 6.92 Å². The number of benzene rings is 1. The molecular weight excluding hydrogens is 316 g/mol. The smallest absolute Gasteiger partial charge is 0.243 e. The van der Waals surface area contributed by atoms with Crippen molar-refractivity contribution in [2.24, 2.45) is 0 Å². The first-order chi connectivity index (χ1) is 12.1. The molecule has 2 aromatic rings. The second-order valence-corrected chi connectivity index (χ2v) is 6.45. The van der Waals surface area contributed by atoms with Crippen molar-refractivity contribution >= 4 is 11.8 Å². The zero-order chi connectivity index (χ0) is 17.8. The first-order valence-corrected chi connectivity index (χ1v) is 8.65. The molecule has 0 radical (unpaired) electrons. The maximum atomic E-state index is 12.6. The third-order valence-electron chi connectivity index (χ3n) is 4.75. The van der Waals surface area contributed by atoms with Crippen LogP contribution in [0.3, 0.4) is 0 Å². The van der Waals surface area contributed by atoms with E-state index in [0.717, 1.165) is 29.9 Å². The molecule has 0 unspecified atom stereocenters. The molecular formula is C19H24N4O2. The van der Waals surface area contributed by atoms with Crippen molar-refractivity contribution in [3.63, 3.8) is 0 Å². The molecule has 25 heavy (non-hydrogen) atoms. The number of nitrogens with zero attached hydrogens (tertiary/aromatic N) is 3. The second kappa shape index (κ2) is 7.51. The predicted octanol–water partition coefficient (Wildman–Crippen LogP) is 1.67. The summed E-state index contributed by atoms with van der Waals surface area (Å²) >= 11 is 0. The van der Waals surface area contributed by atoms with Gasteiger partial charge in [-0.05, 0) is 24.5 Å². The fraction of sp³-hybridized carbons (Fsp3) is 0.421. The van der Waals surface area contributed by atoms with E-state index >= 15 is 0 Å². The molecule has 0 bridgehead atoms. The first-order valence-electron chi connectivity index (χ1n) is 8.65. The van der Waals surface area contributed by atoms with Gasteiger partial charge in [-0.2, -0.15) is 0 Å². The van der Waals surface area contributed by atoms with E-state index in [4.69, 9.17) is 0 Å². The van der Waals surface area contributed by atoms with Gasteiger partial charge in [-0.1, -0.05) is 24.3 Å². The third kappa shape index (κ3) is 3.90. The van der Waals surface area contributed by atoms with Crippen LogP contribution in [0.2, 0.25) is 0 Å². The molecule has 6 nitrogen and oxygen atoms in total. The number of nitrogens with one attached hydrogen (secondary N) is 1. The van der Waals surface area contributed by atoms with Crippen LogP contribution in [0.15, 0.2) is 36.7 Å².